The lowest BCUT2D eigenvalue weighted by Gasteiger charge is -2.11. The van der Waals surface area contributed by atoms with Gasteiger partial charge in [0.15, 0.2) is 0 Å². The highest BCUT2D eigenvalue weighted by Crippen LogP contribution is 2.25. The van der Waals surface area contributed by atoms with E-state index in [4.69, 9.17) is 15.6 Å². The van der Waals surface area contributed by atoms with Gasteiger partial charge in [0.2, 0.25) is 0 Å². The number of benzene rings is 1. The highest BCUT2D eigenvalue weighted by Gasteiger charge is 2.38. The van der Waals surface area contributed by atoms with Gasteiger partial charge in [-0.3, -0.25) is 4.79 Å². The SMILES string of the molecule is Cn1cnc2c3cc(Br)ccc3n(CCCN)c(=O)c21.O=C(O)C(F)(F)F. The zero-order valence-electron chi connectivity index (χ0n) is 14.1. The lowest BCUT2D eigenvalue weighted by molar-refractivity contribution is -0.192. The molecule has 11 heteroatoms. The van der Waals surface area contributed by atoms with Crippen LogP contribution in [0.2, 0.25) is 0 Å². The molecule has 0 spiro atoms. The molecule has 0 aliphatic heterocycles. The monoisotopic (exact) mass is 448 g/mol. The Labute approximate surface area is 159 Å². The van der Waals surface area contributed by atoms with Crippen LogP contribution >= 0.6 is 15.9 Å². The number of fused-ring (bicyclic) bond motifs is 3. The molecule has 0 fully saturated rings. The van der Waals surface area contributed by atoms with Crippen molar-refractivity contribution in [2.24, 2.45) is 12.8 Å². The first-order valence-corrected chi connectivity index (χ1v) is 8.50. The maximum atomic E-state index is 12.7. The second-order valence-electron chi connectivity index (χ2n) is 5.62. The average Bonchev–Trinajstić information content (AvgIpc) is 2.97. The van der Waals surface area contributed by atoms with E-state index >= 15 is 0 Å². The van der Waals surface area contributed by atoms with Crippen molar-refractivity contribution < 1.29 is 23.1 Å². The second kappa shape index (κ2) is 8.09. The third-order valence-corrected chi connectivity index (χ3v) is 4.21. The van der Waals surface area contributed by atoms with Gasteiger partial charge < -0.3 is 20.0 Å². The number of aryl methyl sites for hydroxylation is 2. The fourth-order valence-electron chi connectivity index (χ4n) is 2.52. The quantitative estimate of drug-likeness (QED) is 0.640. The van der Waals surface area contributed by atoms with E-state index in [1.807, 2.05) is 25.2 Å². The van der Waals surface area contributed by atoms with E-state index in [-0.39, 0.29) is 5.56 Å². The Morgan fingerprint density at radius 1 is 1.37 bits per heavy atom. The molecule has 0 aliphatic carbocycles. The van der Waals surface area contributed by atoms with E-state index in [0.29, 0.717) is 18.6 Å². The van der Waals surface area contributed by atoms with Crippen molar-refractivity contribution in [3.05, 3.63) is 39.4 Å². The van der Waals surface area contributed by atoms with E-state index in [2.05, 4.69) is 20.9 Å². The number of halogens is 4. The van der Waals surface area contributed by atoms with Crippen molar-refractivity contribution in [3.8, 4) is 0 Å². The Hall–Kier alpha value is -2.40. The van der Waals surface area contributed by atoms with Crippen LogP contribution in [-0.4, -0.2) is 37.9 Å². The summed E-state index contributed by atoms with van der Waals surface area (Å²) in [6.45, 7) is 1.18. The highest BCUT2D eigenvalue weighted by atomic mass is 79.9. The Balaban J connectivity index is 0.000000321. The van der Waals surface area contributed by atoms with E-state index in [1.54, 1.807) is 15.5 Å². The molecule has 0 bridgehead atoms. The van der Waals surface area contributed by atoms with Crippen LogP contribution in [0.5, 0.6) is 0 Å². The number of carboxylic acid groups (broad SMARTS) is 1. The Morgan fingerprint density at radius 2 is 2.00 bits per heavy atom. The Kier molecular flexibility index (Phi) is 6.26. The van der Waals surface area contributed by atoms with Crippen LogP contribution < -0.4 is 11.3 Å². The van der Waals surface area contributed by atoms with Gasteiger partial charge in [-0.25, -0.2) is 9.78 Å². The van der Waals surface area contributed by atoms with E-state index in [1.165, 1.54) is 0 Å². The summed E-state index contributed by atoms with van der Waals surface area (Å²) in [7, 11) is 1.84. The summed E-state index contributed by atoms with van der Waals surface area (Å²) in [5, 5.41) is 8.10. The van der Waals surface area contributed by atoms with Crippen LogP contribution in [0.1, 0.15) is 6.42 Å². The molecule has 0 radical (unpaired) electrons. The molecule has 0 unspecified atom stereocenters. The maximum Gasteiger partial charge on any atom is 0.490 e. The summed E-state index contributed by atoms with van der Waals surface area (Å²) in [5.41, 5.74) is 7.85. The van der Waals surface area contributed by atoms with Crippen LogP contribution in [0.25, 0.3) is 21.9 Å². The molecule has 0 saturated heterocycles. The number of imidazole rings is 1. The molecule has 3 N–H and O–H groups in total. The van der Waals surface area contributed by atoms with Crippen molar-refractivity contribution in [3.63, 3.8) is 0 Å². The number of aromatic nitrogens is 3. The van der Waals surface area contributed by atoms with Gasteiger partial charge >= 0.3 is 12.1 Å². The number of nitrogens with zero attached hydrogens (tertiary/aromatic N) is 3. The molecule has 0 atom stereocenters. The summed E-state index contributed by atoms with van der Waals surface area (Å²) in [6, 6.07) is 5.89. The molecule has 2 aromatic heterocycles. The molecule has 7 nitrogen and oxygen atoms in total. The van der Waals surface area contributed by atoms with Gasteiger partial charge in [0, 0.05) is 23.5 Å². The van der Waals surface area contributed by atoms with Gasteiger partial charge in [0.05, 0.1) is 11.8 Å². The third kappa shape index (κ3) is 4.48. The lowest BCUT2D eigenvalue weighted by atomic mass is 10.1. The number of carbonyl (C=O) groups is 1. The maximum absolute atomic E-state index is 12.7. The standard InChI is InChI=1S/C14H15BrN4O.C2HF3O2/c1-18-8-17-12-10-7-9(15)3-4-11(10)19(6-2-5-16)14(20)13(12)18;3-2(4,5)1(6)7/h3-4,7-8H,2,5-6,16H2,1H3;(H,6,7). The van der Waals surface area contributed by atoms with Crippen molar-refractivity contribution >= 4 is 43.8 Å². The van der Waals surface area contributed by atoms with Crippen LogP contribution in [0.15, 0.2) is 33.8 Å². The minimum Gasteiger partial charge on any atom is -0.475 e. The number of aliphatic carboxylic acids is 1. The van der Waals surface area contributed by atoms with Crippen molar-refractivity contribution in [2.75, 3.05) is 6.54 Å². The van der Waals surface area contributed by atoms with Crippen LogP contribution in [0.3, 0.4) is 0 Å². The number of hydrogen-bond donors (Lipinski definition) is 2. The summed E-state index contributed by atoms with van der Waals surface area (Å²) in [5.74, 6) is -2.76. The minimum absolute atomic E-state index is 0.0109. The van der Waals surface area contributed by atoms with Gasteiger partial charge in [0.25, 0.3) is 5.56 Å². The number of alkyl halides is 3. The summed E-state index contributed by atoms with van der Waals surface area (Å²) < 4.78 is 36.3. The van der Waals surface area contributed by atoms with E-state index in [9.17, 15) is 18.0 Å². The largest absolute Gasteiger partial charge is 0.490 e. The summed E-state index contributed by atoms with van der Waals surface area (Å²) >= 11 is 3.48. The second-order valence-corrected chi connectivity index (χ2v) is 6.53. The Morgan fingerprint density at radius 3 is 2.56 bits per heavy atom. The average molecular weight is 449 g/mol. The summed E-state index contributed by atoms with van der Waals surface area (Å²) in [4.78, 5) is 25.9. The zero-order valence-corrected chi connectivity index (χ0v) is 15.7. The first-order valence-electron chi connectivity index (χ1n) is 7.71. The van der Waals surface area contributed by atoms with Gasteiger partial charge in [0.1, 0.15) is 11.0 Å². The molecule has 1 aromatic carbocycles. The van der Waals surface area contributed by atoms with Crippen LogP contribution in [0, 0.1) is 0 Å². The van der Waals surface area contributed by atoms with Gasteiger partial charge in [-0.15, -0.1) is 0 Å². The molecule has 0 saturated carbocycles. The first-order chi connectivity index (χ1) is 12.6. The number of pyridine rings is 1. The predicted octanol–water partition coefficient (Wildman–Crippen LogP) is 2.63. The lowest BCUT2D eigenvalue weighted by Crippen LogP contribution is -2.23. The number of rotatable bonds is 3. The van der Waals surface area contributed by atoms with Crippen LogP contribution in [0.4, 0.5) is 13.2 Å². The molecular formula is C16H16BrF3N4O3. The van der Waals surface area contributed by atoms with Gasteiger partial charge in [-0.05, 0) is 31.2 Å². The molecule has 2 heterocycles. The van der Waals surface area contributed by atoms with E-state index < -0.39 is 12.1 Å². The predicted molar refractivity (Wildman–Crippen MR) is 97.5 cm³/mol. The fraction of sp³-hybridized carbons (Fsp3) is 0.312. The third-order valence-electron chi connectivity index (χ3n) is 3.72. The van der Waals surface area contributed by atoms with E-state index in [0.717, 1.165) is 27.3 Å². The number of nitrogens with two attached hydrogens (primary N) is 1. The molecule has 0 amide bonds. The topological polar surface area (TPSA) is 103 Å². The highest BCUT2D eigenvalue weighted by molar-refractivity contribution is 9.10. The van der Waals surface area contributed by atoms with Gasteiger partial charge in [-0.2, -0.15) is 13.2 Å². The van der Waals surface area contributed by atoms with Crippen molar-refractivity contribution in [1.82, 2.24) is 14.1 Å². The van der Waals surface area contributed by atoms with Gasteiger partial charge in [-0.1, -0.05) is 15.9 Å². The normalized spacial score (nSPS) is 11.5. The van der Waals surface area contributed by atoms with Crippen LogP contribution in [-0.2, 0) is 18.4 Å². The van der Waals surface area contributed by atoms with Crippen molar-refractivity contribution in [2.45, 2.75) is 19.1 Å². The summed E-state index contributed by atoms with van der Waals surface area (Å²) in [6.07, 6.45) is -2.63. The van der Waals surface area contributed by atoms with Crippen molar-refractivity contribution in [1.29, 1.82) is 0 Å². The molecule has 3 rings (SSSR count). The molecule has 146 valence electrons. The molecule has 0 aliphatic rings. The number of carboxylic acids is 1. The smallest absolute Gasteiger partial charge is 0.475 e. The molecule has 27 heavy (non-hydrogen) atoms. The molecular weight excluding hydrogens is 433 g/mol. The fourth-order valence-corrected chi connectivity index (χ4v) is 2.88. The molecule has 3 aromatic rings. The number of hydrogen-bond acceptors (Lipinski definition) is 4. The minimum atomic E-state index is -5.08. The Bertz CT molecular complexity index is 1040. The first kappa shape index (κ1) is 20.9. The zero-order chi connectivity index (χ0) is 20.4.